The Kier molecular flexibility index (Phi) is 7.29. The van der Waals surface area contributed by atoms with Crippen LogP contribution in [0.1, 0.15) is 24.2 Å². The number of rotatable bonds is 7. The van der Waals surface area contributed by atoms with Crippen molar-refractivity contribution in [3.05, 3.63) is 53.9 Å². The number of nitrogens with one attached hydrogen (secondary N) is 3. The topological polar surface area (TPSA) is 129 Å². The molecule has 0 radical (unpaired) electrons. The third-order valence-electron chi connectivity index (χ3n) is 6.75. The minimum absolute atomic E-state index is 0.0984. The molecule has 0 aliphatic carbocycles. The van der Waals surface area contributed by atoms with Crippen molar-refractivity contribution in [3.8, 4) is 10.4 Å². The molecule has 13 heteroatoms. The number of thiazole rings is 1. The molecule has 200 valence electrons. The zero-order valence-electron chi connectivity index (χ0n) is 21.6. The van der Waals surface area contributed by atoms with Crippen LogP contribution in [0.25, 0.3) is 15.3 Å². The second-order valence-electron chi connectivity index (χ2n) is 9.45. The first-order chi connectivity index (χ1) is 18.3. The summed E-state index contributed by atoms with van der Waals surface area (Å²) in [6.07, 6.45) is 10.5. The summed E-state index contributed by atoms with van der Waals surface area (Å²) in [6.45, 7) is 7.72. The fourth-order valence-electron chi connectivity index (χ4n) is 4.45. The van der Waals surface area contributed by atoms with Gasteiger partial charge in [-0.2, -0.15) is 10.2 Å². The number of piperazine rings is 1. The molecule has 5 heterocycles. The van der Waals surface area contributed by atoms with E-state index in [-0.39, 0.29) is 23.8 Å². The summed E-state index contributed by atoms with van der Waals surface area (Å²) in [5.74, 6) is -0.405. The van der Waals surface area contributed by atoms with E-state index in [1.165, 1.54) is 11.3 Å². The summed E-state index contributed by atoms with van der Waals surface area (Å²) < 4.78 is 3.42. The smallest absolute Gasteiger partial charge is 0.260 e. The number of aryl methyl sites for hydroxylation is 1. The average molecular weight is 538 g/mol. The molecule has 1 saturated heterocycles. The number of nitrogens with zero attached hydrogens (tertiary/aromatic N) is 6. The average Bonchev–Trinajstić information content (AvgIpc) is 3.61. The summed E-state index contributed by atoms with van der Waals surface area (Å²) in [5.41, 5.74) is 2.46. The maximum atomic E-state index is 13.2. The van der Waals surface area contributed by atoms with Crippen LogP contribution in [0.3, 0.4) is 0 Å². The Morgan fingerprint density at radius 2 is 1.89 bits per heavy atom. The highest BCUT2D eigenvalue weighted by atomic mass is 32.1. The Balaban J connectivity index is 1.18. The maximum Gasteiger partial charge on any atom is 0.260 e. The van der Waals surface area contributed by atoms with Gasteiger partial charge in [0.1, 0.15) is 4.83 Å². The van der Waals surface area contributed by atoms with E-state index < -0.39 is 0 Å². The molecule has 3 N–H and O–H groups in total. The third kappa shape index (κ3) is 5.48. The predicted octanol–water partition coefficient (Wildman–Crippen LogP) is 0.566. The Hall–Kier alpha value is -3.97. The minimum Gasteiger partial charge on any atom is -0.382 e. The van der Waals surface area contributed by atoms with E-state index in [1.54, 1.807) is 40.8 Å². The SMILES string of the molecule is CC(=O)N1CCN(CCNC(=O)C2=CNC(C)C(NC(=O)c3cnn4cc(-c5cnn(C)c5)sc34)=C2)CC1. The van der Waals surface area contributed by atoms with Gasteiger partial charge in [-0.05, 0) is 13.0 Å². The van der Waals surface area contributed by atoms with Crippen LogP contribution in [0.5, 0.6) is 0 Å². The number of dihydropyridines is 1. The molecular weight excluding hydrogens is 506 g/mol. The van der Waals surface area contributed by atoms with Crippen LogP contribution in [0.15, 0.2) is 48.3 Å². The number of hydrogen-bond donors (Lipinski definition) is 3. The van der Waals surface area contributed by atoms with E-state index in [0.717, 1.165) is 28.4 Å². The normalized spacial score (nSPS) is 18.1. The van der Waals surface area contributed by atoms with Crippen LogP contribution >= 0.6 is 11.3 Å². The van der Waals surface area contributed by atoms with Crippen molar-refractivity contribution in [1.29, 1.82) is 0 Å². The number of fused-ring (bicyclic) bond motifs is 1. The standard InChI is InChI=1S/C25H31N9O3S/c1-16-21(10-18(11-27-16)23(36)26-4-5-32-6-8-33(9-7-32)17(2)35)30-24(37)20-13-29-34-15-22(38-25(20)34)19-12-28-31(3)14-19/h10-16,27H,4-9H2,1-3H3,(H,26,36)(H,30,37). The van der Waals surface area contributed by atoms with Gasteiger partial charge >= 0.3 is 0 Å². The quantitative estimate of drug-likeness (QED) is 0.402. The van der Waals surface area contributed by atoms with Crippen molar-refractivity contribution in [2.75, 3.05) is 39.3 Å². The molecule has 3 aromatic heterocycles. The number of carbonyl (C=O) groups excluding carboxylic acids is 3. The maximum absolute atomic E-state index is 13.2. The molecule has 2 aliphatic heterocycles. The summed E-state index contributed by atoms with van der Waals surface area (Å²) in [7, 11) is 1.86. The Morgan fingerprint density at radius 1 is 1.11 bits per heavy atom. The third-order valence-corrected chi connectivity index (χ3v) is 7.91. The van der Waals surface area contributed by atoms with Crippen molar-refractivity contribution in [2.24, 2.45) is 7.05 Å². The van der Waals surface area contributed by atoms with E-state index in [2.05, 4.69) is 31.0 Å². The molecule has 2 aliphatic rings. The molecule has 0 spiro atoms. The lowest BCUT2D eigenvalue weighted by Gasteiger charge is -2.34. The van der Waals surface area contributed by atoms with Crippen molar-refractivity contribution in [2.45, 2.75) is 19.9 Å². The zero-order valence-corrected chi connectivity index (χ0v) is 22.4. The van der Waals surface area contributed by atoms with Crippen LogP contribution in [-0.4, -0.2) is 92.2 Å². The van der Waals surface area contributed by atoms with Crippen LogP contribution in [0.2, 0.25) is 0 Å². The molecule has 1 fully saturated rings. The van der Waals surface area contributed by atoms with Gasteiger partial charge in [-0.1, -0.05) is 0 Å². The van der Waals surface area contributed by atoms with Gasteiger partial charge in [-0.25, -0.2) is 4.52 Å². The van der Waals surface area contributed by atoms with E-state index in [0.29, 0.717) is 43.0 Å². The van der Waals surface area contributed by atoms with Crippen molar-refractivity contribution >= 4 is 33.9 Å². The molecule has 5 rings (SSSR count). The zero-order chi connectivity index (χ0) is 26.8. The van der Waals surface area contributed by atoms with Gasteiger partial charge < -0.3 is 20.9 Å². The Labute approximate surface area is 224 Å². The van der Waals surface area contributed by atoms with E-state index in [1.807, 2.05) is 31.3 Å². The van der Waals surface area contributed by atoms with Crippen LogP contribution in [-0.2, 0) is 16.6 Å². The lowest BCUT2D eigenvalue weighted by Crippen LogP contribution is -2.49. The first-order valence-corrected chi connectivity index (χ1v) is 13.3. The highest BCUT2D eigenvalue weighted by molar-refractivity contribution is 7.21. The number of amides is 3. The molecule has 1 unspecified atom stereocenters. The molecule has 3 amide bonds. The summed E-state index contributed by atoms with van der Waals surface area (Å²) in [6, 6.07) is -0.173. The lowest BCUT2D eigenvalue weighted by atomic mass is 10.1. The van der Waals surface area contributed by atoms with E-state index in [9.17, 15) is 14.4 Å². The summed E-state index contributed by atoms with van der Waals surface area (Å²) in [5, 5.41) is 17.6. The van der Waals surface area contributed by atoms with Gasteiger partial charge in [0, 0.05) is 83.1 Å². The van der Waals surface area contributed by atoms with Gasteiger partial charge in [0.25, 0.3) is 11.8 Å². The fraction of sp³-hybridized carbons (Fsp3) is 0.400. The minimum atomic E-state index is -0.286. The van der Waals surface area contributed by atoms with Gasteiger partial charge in [0.05, 0.1) is 34.4 Å². The van der Waals surface area contributed by atoms with Gasteiger partial charge in [0.15, 0.2) is 0 Å². The fourth-order valence-corrected chi connectivity index (χ4v) is 5.49. The van der Waals surface area contributed by atoms with Gasteiger partial charge in [-0.3, -0.25) is 24.0 Å². The van der Waals surface area contributed by atoms with Crippen LogP contribution < -0.4 is 16.0 Å². The van der Waals surface area contributed by atoms with Crippen molar-refractivity contribution in [3.63, 3.8) is 0 Å². The van der Waals surface area contributed by atoms with Gasteiger partial charge in [0.2, 0.25) is 5.91 Å². The summed E-state index contributed by atoms with van der Waals surface area (Å²) >= 11 is 1.47. The largest absolute Gasteiger partial charge is 0.382 e. The molecule has 0 bridgehead atoms. The number of aromatic nitrogens is 4. The van der Waals surface area contributed by atoms with E-state index >= 15 is 0 Å². The Bertz CT molecular complexity index is 1420. The second kappa shape index (κ2) is 10.8. The Morgan fingerprint density at radius 3 is 2.61 bits per heavy atom. The monoisotopic (exact) mass is 537 g/mol. The second-order valence-corrected chi connectivity index (χ2v) is 10.5. The first-order valence-electron chi connectivity index (χ1n) is 12.5. The number of carbonyl (C=O) groups is 3. The molecule has 1 atom stereocenters. The van der Waals surface area contributed by atoms with E-state index in [4.69, 9.17) is 0 Å². The highest BCUT2D eigenvalue weighted by Gasteiger charge is 2.23. The summed E-state index contributed by atoms with van der Waals surface area (Å²) in [4.78, 5) is 43.2. The lowest BCUT2D eigenvalue weighted by molar-refractivity contribution is -0.130. The molecule has 12 nitrogen and oxygen atoms in total. The highest BCUT2D eigenvalue weighted by Crippen LogP contribution is 2.30. The first kappa shape index (κ1) is 25.7. The molecule has 0 aromatic carbocycles. The van der Waals surface area contributed by atoms with Crippen LogP contribution in [0, 0.1) is 0 Å². The molecule has 0 saturated carbocycles. The number of hydrogen-bond acceptors (Lipinski definition) is 8. The van der Waals surface area contributed by atoms with Crippen molar-refractivity contribution in [1.82, 2.24) is 45.1 Å². The molecular formula is C25H31N9O3S. The molecule has 38 heavy (non-hydrogen) atoms. The van der Waals surface area contributed by atoms with Gasteiger partial charge in [-0.15, -0.1) is 11.3 Å². The predicted molar refractivity (Wildman–Crippen MR) is 143 cm³/mol. The molecule has 3 aromatic rings. The van der Waals surface area contributed by atoms with Crippen molar-refractivity contribution < 1.29 is 14.4 Å². The van der Waals surface area contributed by atoms with Crippen LogP contribution in [0.4, 0.5) is 0 Å².